The summed E-state index contributed by atoms with van der Waals surface area (Å²) >= 11 is 0. The molecule has 0 spiro atoms. The predicted octanol–water partition coefficient (Wildman–Crippen LogP) is 17.2. The largest absolute Gasteiger partial charge is 0.311 e. The van der Waals surface area contributed by atoms with Crippen molar-refractivity contribution in [2.75, 3.05) is 9.80 Å². The summed E-state index contributed by atoms with van der Waals surface area (Å²) in [6.07, 6.45) is 0. The summed E-state index contributed by atoms with van der Waals surface area (Å²) < 4.78 is 0. The highest BCUT2D eigenvalue weighted by atomic mass is 15.2. The van der Waals surface area contributed by atoms with Gasteiger partial charge in [0.1, 0.15) is 0 Å². The molecule has 0 aliphatic carbocycles. The number of hydrogen-bond donors (Lipinski definition) is 0. The molecular weight excluding hydrogens is 856 g/mol. The van der Waals surface area contributed by atoms with Gasteiger partial charge in [0.05, 0.1) is 0 Å². The number of hydrogen-bond acceptors (Lipinski definition) is 2. The van der Waals surface area contributed by atoms with Gasteiger partial charge in [-0.3, -0.25) is 0 Å². The molecule has 10 aromatic carbocycles. The molecule has 0 bridgehead atoms. The minimum absolute atomic E-state index is 0.0375. The van der Waals surface area contributed by atoms with Crippen molar-refractivity contribution in [2.45, 2.75) is 105 Å². The molecule has 0 amide bonds. The van der Waals surface area contributed by atoms with E-state index in [4.69, 9.17) is 0 Å². The second-order valence-electron chi connectivity index (χ2n) is 24.8. The molecule has 2 aliphatic rings. The molecule has 2 heterocycles. The van der Waals surface area contributed by atoms with Crippen molar-refractivity contribution < 1.29 is 0 Å². The van der Waals surface area contributed by atoms with Crippen LogP contribution in [0, 0.1) is 0 Å². The molecule has 0 aromatic heterocycles. The molecule has 0 saturated carbocycles. The summed E-state index contributed by atoms with van der Waals surface area (Å²) in [5, 5.41) is 10.0. The number of benzene rings is 10. The lowest BCUT2D eigenvalue weighted by molar-refractivity contribution is 0.568. The molecule has 0 N–H and O–H groups in total. The monoisotopic (exact) mass is 921 g/mol. The lowest BCUT2D eigenvalue weighted by atomic mass is 9.33. The molecule has 0 unspecified atom stereocenters. The first-order chi connectivity index (χ1) is 33.7. The van der Waals surface area contributed by atoms with Crippen LogP contribution in [0.1, 0.15) is 105 Å². The second-order valence-corrected chi connectivity index (χ2v) is 24.8. The fraction of sp³-hybridized carbons (Fsp3) is 0.235. The van der Waals surface area contributed by atoms with E-state index in [9.17, 15) is 0 Å². The molecule has 2 nitrogen and oxygen atoms in total. The summed E-state index contributed by atoms with van der Waals surface area (Å²) in [6.45, 7) is 28.3. The molecule has 0 radical (unpaired) electrons. The molecule has 10 aromatic rings. The first kappa shape index (κ1) is 45.1. The topological polar surface area (TPSA) is 6.48 Å². The van der Waals surface area contributed by atoms with Gasteiger partial charge in [0.15, 0.2) is 0 Å². The average Bonchev–Trinajstić information content (AvgIpc) is 3.33. The van der Waals surface area contributed by atoms with E-state index >= 15 is 0 Å². The van der Waals surface area contributed by atoms with Crippen molar-refractivity contribution >= 4 is 100 Å². The number of nitrogens with zero attached hydrogens (tertiary/aromatic N) is 2. The first-order valence-electron chi connectivity index (χ1n) is 25.8. The highest BCUT2D eigenvalue weighted by Gasteiger charge is 2.45. The molecule has 0 atom stereocenters. The maximum Gasteiger partial charge on any atom is 0.252 e. The van der Waals surface area contributed by atoms with Crippen molar-refractivity contribution in [2.24, 2.45) is 0 Å². The van der Waals surface area contributed by atoms with E-state index in [0.717, 1.165) is 0 Å². The third kappa shape index (κ3) is 7.46. The Morgan fingerprint density at radius 3 is 1.10 bits per heavy atom. The number of anilines is 6. The van der Waals surface area contributed by atoms with Crippen LogP contribution in [0.2, 0.25) is 0 Å². The molecule has 3 heteroatoms. The lowest BCUT2D eigenvalue weighted by Gasteiger charge is -2.46. The smallest absolute Gasteiger partial charge is 0.252 e. The quantitative estimate of drug-likeness (QED) is 0.129. The Morgan fingerprint density at radius 1 is 0.310 bits per heavy atom. The van der Waals surface area contributed by atoms with Crippen LogP contribution in [-0.4, -0.2) is 6.71 Å². The van der Waals surface area contributed by atoms with Gasteiger partial charge < -0.3 is 9.80 Å². The summed E-state index contributed by atoms with van der Waals surface area (Å²) in [4.78, 5) is 5.35. The Hall–Kier alpha value is -7.10. The molecule has 2 aliphatic heterocycles. The normalized spacial score (nSPS) is 13.8. The summed E-state index contributed by atoms with van der Waals surface area (Å²) in [7, 11) is 0. The Morgan fingerprint density at radius 2 is 0.676 bits per heavy atom. The van der Waals surface area contributed by atoms with Gasteiger partial charge in [-0.05, 0) is 158 Å². The minimum atomic E-state index is -0.0773. The predicted molar refractivity (Wildman–Crippen MR) is 311 cm³/mol. The van der Waals surface area contributed by atoms with E-state index in [1.807, 2.05) is 0 Å². The van der Waals surface area contributed by atoms with Crippen LogP contribution in [-0.2, 0) is 21.7 Å². The van der Waals surface area contributed by atoms with Gasteiger partial charge in [-0.25, -0.2) is 0 Å². The highest BCUT2D eigenvalue weighted by Crippen LogP contribution is 2.51. The maximum atomic E-state index is 2.67. The second kappa shape index (κ2) is 15.7. The first-order valence-corrected chi connectivity index (χ1v) is 25.8. The summed E-state index contributed by atoms with van der Waals surface area (Å²) in [6, 6.07) is 68.3. The third-order valence-corrected chi connectivity index (χ3v) is 15.7. The van der Waals surface area contributed by atoms with Crippen LogP contribution in [0.15, 0.2) is 176 Å². The van der Waals surface area contributed by atoms with Gasteiger partial charge in [-0.2, -0.15) is 0 Å². The zero-order valence-corrected chi connectivity index (χ0v) is 43.7. The molecule has 71 heavy (non-hydrogen) atoms. The van der Waals surface area contributed by atoms with Gasteiger partial charge in [-0.15, -0.1) is 0 Å². The van der Waals surface area contributed by atoms with Crippen LogP contribution in [0.4, 0.5) is 34.1 Å². The molecule has 0 fully saturated rings. The van der Waals surface area contributed by atoms with E-state index < -0.39 is 0 Å². The average molecular weight is 921 g/mol. The lowest BCUT2D eigenvalue weighted by Crippen LogP contribution is -2.61. The van der Waals surface area contributed by atoms with E-state index in [-0.39, 0.29) is 28.4 Å². The van der Waals surface area contributed by atoms with Gasteiger partial charge >= 0.3 is 0 Å². The van der Waals surface area contributed by atoms with Crippen LogP contribution >= 0.6 is 0 Å². The molecule has 12 rings (SSSR count). The Bertz CT molecular complexity index is 3580. The van der Waals surface area contributed by atoms with E-state index in [1.54, 1.807) is 0 Å². The Kier molecular flexibility index (Phi) is 9.97. The highest BCUT2D eigenvalue weighted by molar-refractivity contribution is 7.00. The van der Waals surface area contributed by atoms with Crippen molar-refractivity contribution in [3.8, 4) is 11.1 Å². The fourth-order valence-corrected chi connectivity index (χ4v) is 11.6. The van der Waals surface area contributed by atoms with Crippen LogP contribution in [0.3, 0.4) is 0 Å². The van der Waals surface area contributed by atoms with Gasteiger partial charge in [-0.1, -0.05) is 204 Å². The van der Waals surface area contributed by atoms with E-state index in [1.165, 1.54) is 127 Å². The fourth-order valence-electron chi connectivity index (χ4n) is 11.6. The Balaban J connectivity index is 1.27. The third-order valence-electron chi connectivity index (χ3n) is 15.7. The standard InChI is InChI=1S/C68H65BN2/c1-65(2,3)50-36-51(66(4,5)6)39-54(38-50)70-60-34-49(47-26-25-46-31-44-21-13-14-22-45(44)32-48(46)33-47)35-61-62(60)69(58-29-27-42-19-15-17-23-56(42)63(58)70)59-30-28-43-20-16-18-24-57(43)64(59)71(61)55-40-52(67(7,8)9)37-53(41-55)68(10,11)12/h13-41H,1-12H3. The SMILES string of the molecule is CC(C)(C)c1cc(N2c3cc(-c4ccc5cc6ccccc6cc5c4)cc4c3B(c3ccc5ccccc5c32)c2ccc3ccccc3c2N4c2cc(C(C)(C)C)cc(C(C)(C)C)c2)cc(C(C)(C)C)c1. The zero-order valence-electron chi connectivity index (χ0n) is 43.7. The van der Waals surface area contributed by atoms with Crippen molar-refractivity contribution in [1.82, 2.24) is 0 Å². The van der Waals surface area contributed by atoms with Gasteiger partial charge in [0.25, 0.3) is 6.71 Å². The summed E-state index contributed by atoms with van der Waals surface area (Å²) in [5.41, 5.74) is 18.8. The molecule has 350 valence electrons. The molecule has 0 saturated heterocycles. The van der Waals surface area contributed by atoms with Crippen molar-refractivity contribution in [1.29, 1.82) is 0 Å². The van der Waals surface area contributed by atoms with Gasteiger partial charge in [0.2, 0.25) is 0 Å². The maximum absolute atomic E-state index is 2.67. The van der Waals surface area contributed by atoms with Crippen LogP contribution < -0.4 is 26.2 Å². The van der Waals surface area contributed by atoms with E-state index in [0.29, 0.717) is 0 Å². The number of rotatable bonds is 3. The molecular formula is C68H65BN2. The van der Waals surface area contributed by atoms with Crippen LogP contribution in [0.5, 0.6) is 0 Å². The number of fused-ring (bicyclic) bond motifs is 10. The van der Waals surface area contributed by atoms with Crippen molar-refractivity contribution in [3.05, 3.63) is 198 Å². The zero-order chi connectivity index (χ0) is 49.5. The Labute approximate surface area is 422 Å². The van der Waals surface area contributed by atoms with Gasteiger partial charge in [0, 0.05) is 44.9 Å². The summed E-state index contributed by atoms with van der Waals surface area (Å²) in [5.74, 6) is 0. The van der Waals surface area contributed by atoms with Crippen molar-refractivity contribution in [3.63, 3.8) is 0 Å². The minimum Gasteiger partial charge on any atom is -0.311 e. The van der Waals surface area contributed by atoms with E-state index in [2.05, 4.69) is 269 Å². The van der Waals surface area contributed by atoms with Crippen LogP contribution in [0.25, 0.3) is 54.2 Å².